The highest BCUT2D eigenvalue weighted by molar-refractivity contribution is 5.79. The van der Waals surface area contributed by atoms with Crippen LogP contribution in [0.15, 0.2) is 18.2 Å². The number of anilines is 1. The van der Waals surface area contributed by atoms with Gasteiger partial charge in [0, 0.05) is 19.2 Å². The molecule has 2 aromatic rings. The number of nitrogens with zero attached hydrogens (tertiary/aromatic N) is 2. The van der Waals surface area contributed by atoms with E-state index in [4.69, 9.17) is 4.74 Å². The lowest BCUT2D eigenvalue weighted by molar-refractivity contribution is -0.384. The van der Waals surface area contributed by atoms with Crippen molar-refractivity contribution < 1.29 is 9.66 Å². The molecule has 19 heavy (non-hydrogen) atoms. The van der Waals surface area contributed by atoms with Crippen LogP contribution in [0.2, 0.25) is 0 Å². The summed E-state index contributed by atoms with van der Waals surface area (Å²) in [5, 5.41) is 13.9. The molecule has 7 nitrogen and oxygen atoms in total. The Bertz CT molecular complexity index is 581. The zero-order valence-electron chi connectivity index (χ0n) is 10.8. The lowest BCUT2D eigenvalue weighted by atomic mass is 10.2. The quantitative estimate of drug-likeness (QED) is 0.617. The van der Waals surface area contributed by atoms with Gasteiger partial charge in [0.1, 0.15) is 0 Å². The number of imidazole rings is 1. The summed E-state index contributed by atoms with van der Waals surface area (Å²) in [6.07, 6.45) is 0.894. The van der Waals surface area contributed by atoms with Gasteiger partial charge in [-0.2, -0.15) is 0 Å². The number of non-ortho nitro benzene ring substituents is 1. The van der Waals surface area contributed by atoms with Gasteiger partial charge in [-0.05, 0) is 12.5 Å². The van der Waals surface area contributed by atoms with E-state index in [-0.39, 0.29) is 11.7 Å². The summed E-state index contributed by atoms with van der Waals surface area (Å²) in [4.78, 5) is 17.6. The van der Waals surface area contributed by atoms with Gasteiger partial charge in [-0.1, -0.05) is 6.92 Å². The van der Waals surface area contributed by atoms with E-state index in [2.05, 4.69) is 15.3 Å². The number of ether oxygens (including phenoxy) is 1. The highest BCUT2D eigenvalue weighted by atomic mass is 16.6. The van der Waals surface area contributed by atoms with E-state index in [1.807, 2.05) is 6.92 Å². The predicted molar refractivity (Wildman–Crippen MR) is 72.3 cm³/mol. The maximum atomic E-state index is 10.7. The van der Waals surface area contributed by atoms with Crippen molar-refractivity contribution >= 4 is 22.7 Å². The first-order valence-electron chi connectivity index (χ1n) is 6.03. The number of aromatic nitrogens is 2. The summed E-state index contributed by atoms with van der Waals surface area (Å²) in [6.45, 7) is 2.62. The zero-order valence-corrected chi connectivity index (χ0v) is 10.8. The minimum atomic E-state index is -0.423. The molecule has 0 spiro atoms. The monoisotopic (exact) mass is 264 g/mol. The van der Waals surface area contributed by atoms with E-state index >= 15 is 0 Å². The van der Waals surface area contributed by atoms with Crippen LogP contribution in [0.25, 0.3) is 11.0 Å². The second kappa shape index (κ2) is 5.66. The average molecular weight is 264 g/mol. The first-order chi connectivity index (χ1) is 9.13. The van der Waals surface area contributed by atoms with Crippen molar-refractivity contribution in [1.29, 1.82) is 0 Å². The second-order valence-electron chi connectivity index (χ2n) is 4.25. The average Bonchev–Trinajstić information content (AvgIpc) is 2.79. The van der Waals surface area contributed by atoms with Gasteiger partial charge in [-0.15, -0.1) is 0 Å². The number of aromatic amines is 1. The van der Waals surface area contributed by atoms with Crippen LogP contribution in [-0.4, -0.2) is 34.6 Å². The van der Waals surface area contributed by atoms with E-state index < -0.39 is 4.92 Å². The third-order valence-electron chi connectivity index (χ3n) is 2.88. The Morgan fingerprint density at radius 3 is 3.00 bits per heavy atom. The van der Waals surface area contributed by atoms with Crippen LogP contribution in [0.1, 0.15) is 13.3 Å². The Labute approximate surface area is 110 Å². The Hall–Kier alpha value is -2.15. The van der Waals surface area contributed by atoms with Crippen molar-refractivity contribution in [2.45, 2.75) is 19.4 Å². The molecule has 102 valence electrons. The van der Waals surface area contributed by atoms with Crippen LogP contribution >= 0.6 is 0 Å². The number of nitro benzene ring substituents is 1. The van der Waals surface area contributed by atoms with Crippen LogP contribution in [0.4, 0.5) is 11.6 Å². The van der Waals surface area contributed by atoms with Gasteiger partial charge in [0.15, 0.2) is 0 Å². The molecule has 0 bridgehead atoms. The lowest BCUT2D eigenvalue weighted by Gasteiger charge is -2.14. The predicted octanol–water partition coefficient (Wildman–Crippen LogP) is 2.31. The summed E-state index contributed by atoms with van der Waals surface area (Å²) >= 11 is 0. The molecule has 0 aliphatic rings. The first-order valence-corrected chi connectivity index (χ1v) is 6.03. The topological polar surface area (TPSA) is 93.1 Å². The first kappa shape index (κ1) is 13.3. The van der Waals surface area contributed by atoms with Gasteiger partial charge >= 0.3 is 0 Å². The molecule has 7 heteroatoms. The summed E-state index contributed by atoms with van der Waals surface area (Å²) in [5.74, 6) is 0.597. The van der Waals surface area contributed by atoms with E-state index in [0.717, 1.165) is 6.42 Å². The van der Waals surface area contributed by atoms with E-state index in [0.29, 0.717) is 23.6 Å². The Morgan fingerprint density at radius 1 is 1.58 bits per heavy atom. The van der Waals surface area contributed by atoms with Crippen LogP contribution < -0.4 is 5.32 Å². The molecule has 1 atom stereocenters. The molecule has 0 aliphatic carbocycles. The Morgan fingerprint density at radius 2 is 2.37 bits per heavy atom. The van der Waals surface area contributed by atoms with Gasteiger partial charge in [0.2, 0.25) is 5.95 Å². The van der Waals surface area contributed by atoms with Crippen molar-refractivity contribution in [2.75, 3.05) is 19.0 Å². The largest absolute Gasteiger partial charge is 0.383 e. The number of hydrogen-bond donors (Lipinski definition) is 2. The molecule has 2 rings (SSSR count). The van der Waals surface area contributed by atoms with Crippen LogP contribution in [0.3, 0.4) is 0 Å². The highest BCUT2D eigenvalue weighted by Gasteiger charge is 2.11. The molecule has 0 aliphatic heterocycles. The van der Waals surface area contributed by atoms with E-state index in [9.17, 15) is 10.1 Å². The minimum absolute atomic E-state index is 0.0478. The third kappa shape index (κ3) is 3.00. The minimum Gasteiger partial charge on any atom is -0.383 e. The molecule has 0 radical (unpaired) electrons. The molecule has 0 fully saturated rings. The smallest absolute Gasteiger partial charge is 0.271 e. The lowest BCUT2D eigenvalue weighted by Crippen LogP contribution is -2.24. The molecular weight excluding hydrogens is 248 g/mol. The fraction of sp³-hybridized carbons (Fsp3) is 0.417. The van der Waals surface area contributed by atoms with Gasteiger partial charge in [0.05, 0.1) is 28.6 Å². The molecule has 1 aromatic heterocycles. The van der Waals surface area contributed by atoms with Crippen molar-refractivity contribution in [3.63, 3.8) is 0 Å². The summed E-state index contributed by atoms with van der Waals surface area (Å²) in [6, 6.07) is 4.71. The number of fused-ring (bicyclic) bond motifs is 1. The summed E-state index contributed by atoms with van der Waals surface area (Å²) in [5.41, 5.74) is 1.39. The molecule has 1 unspecified atom stereocenters. The number of benzene rings is 1. The van der Waals surface area contributed by atoms with Crippen LogP contribution in [0.5, 0.6) is 0 Å². The summed E-state index contributed by atoms with van der Waals surface area (Å²) in [7, 11) is 1.65. The summed E-state index contributed by atoms with van der Waals surface area (Å²) < 4.78 is 5.10. The van der Waals surface area contributed by atoms with Crippen molar-refractivity contribution in [3.8, 4) is 0 Å². The molecule has 1 heterocycles. The highest BCUT2D eigenvalue weighted by Crippen LogP contribution is 2.20. The molecule has 0 amide bonds. The van der Waals surface area contributed by atoms with Crippen molar-refractivity contribution in [3.05, 3.63) is 28.3 Å². The third-order valence-corrected chi connectivity index (χ3v) is 2.88. The number of nitrogens with one attached hydrogen (secondary N) is 2. The molecule has 1 aromatic carbocycles. The van der Waals surface area contributed by atoms with Gasteiger partial charge in [-0.25, -0.2) is 4.98 Å². The Kier molecular flexibility index (Phi) is 3.96. The van der Waals surface area contributed by atoms with E-state index in [1.165, 1.54) is 12.1 Å². The molecule has 2 N–H and O–H groups in total. The number of nitro groups is 1. The fourth-order valence-corrected chi connectivity index (χ4v) is 1.84. The zero-order chi connectivity index (χ0) is 13.8. The van der Waals surface area contributed by atoms with Crippen molar-refractivity contribution in [2.24, 2.45) is 0 Å². The SMILES string of the molecule is CCC(COC)Nc1nc2ccc([N+](=O)[O-])cc2[nH]1. The van der Waals surface area contributed by atoms with Crippen LogP contribution in [-0.2, 0) is 4.74 Å². The Balaban J connectivity index is 2.23. The van der Waals surface area contributed by atoms with Gasteiger partial charge in [0.25, 0.3) is 5.69 Å². The number of methoxy groups -OCH3 is 1. The molecule has 0 saturated carbocycles. The van der Waals surface area contributed by atoms with Gasteiger partial charge < -0.3 is 15.0 Å². The number of H-pyrrole nitrogens is 1. The number of rotatable bonds is 6. The van der Waals surface area contributed by atoms with Gasteiger partial charge in [-0.3, -0.25) is 10.1 Å². The fourth-order valence-electron chi connectivity index (χ4n) is 1.84. The second-order valence-corrected chi connectivity index (χ2v) is 4.25. The van der Waals surface area contributed by atoms with E-state index in [1.54, 1.807) is 13.2 Å². The maximum absolute atomic E-state index is 10.7. The van der Waals surface area contributed by atoms with Crippen molar-refractivity contribution in [1.82, 2.24) is 9.97 Å². The number of hydrogen-bond acceptors (Lipinski definition) is 5. The van der Waals surface area contributed by atoms with Crippen LogP contribution in [0, 0.1) is 10.1 Å². The molecule has 0 saturated heterocycles. The molecular formula is C12H16N4O3. The standard InChI is InChI=1S/C12H16N4O3/c1-3-8(7-19-2)13-12-14-10-5-4-9(16(17)18)6-11(10)15-12/h4-6,8H,3,7H2,1-2H3,(H2,13,14,15). The maximum Gasteiger partial charge on any atom is 0.271 e. The normalized spacial score (nSPS) is 12.5.